The Morgan fingerprint density at radius 1 is 1.21 bits per heavy atom. The van der Waals surface area contributed by atoms with Gasteiger partial charge in [-0.15, -0.1) is 0 Å². The molecule has 2 N–H and O–H groups in total. The Labute approximate surface area is 147 Å². The molecule has 0 spiro atoms. The Morgan fingerprint density at radius 2 is 1.96 bits per heavy atom. The van der Waals surface area contributed by atoms with Crippen LogP contribution in [0.1, 0.15) is 29.6 Å². The minimum absolute atomic E-state index is 0.0243. The lowest BCUT2D eigenvalue weighted by Crippen LogP contribution is -2.48. The van der Waals surface area contributed by atoms with Crippen LogP contribution in [0.2, 0.25) is 0 Å². The van der Waals surface area contributed by atoms with Gasteiger partial charge in [0.25, 0.3) is 5.91 Å². The molecule has 2 aliphatic rings. The summed E-state index contributed by atoms with van der Waals surface area (Å²) in [6.45, 7) is 2.47. The Hall–Kier alpha value is -1.53. The summed E-state index contributed by atoms with van der Waals surface area (Å²) in [7, 11) is 0. The fourth-order valence-electron chi connectivity index (χ4n) is 3.22. The normalized spacial score (nSPS) is 22.2. The van der Waals surface area contributed by atoms with Gasteiger partial charge in [-0.25, -0.2) is 0 Å². The molecular weight excluding hydrogens is 322 g/mol. The van der Waals surface area contributed by atoms with Crippen LogP contribution in [0, 0.1) is 0 Å². The second kappa shape index (κ2) is 8.53. The largest absolute Gasteiger partial charge is 0.349 e. The monoisotopic (exact) mass is 347 g/mol. The minimum Gasteiger partial charge on any atom is -0.349 e. The van der Waals surface area contributed by atoms with Crippen LogP contribution in [-0.2, 0) is 4.79 Å². The lowest BCUT2D eigenvalue weighted by molar-refractivity contribution is -0.132. The first kappa shape index (κ1) is 17.3. The molecule has 2 saturated heterocycles. The molecule has 1 aromatic rings. The van der Waals surface area contributed by atoms with E-state index in [0.29, 0.717) is 18.0 Å². The molecule has 1 aromatic carbocycles. The lowest BCUT2D eigenvalue weighted by atomic mass is 10.0. The number of carbonyl (C=O) groups is 2. The van der Waals surface area contributed by atoms with E-state index in [2.05, 4.69) is 10.6 Å². The standard InChI is InChI=1S/C18H25N3O2S/c22-17(12-16-13-24-11-8-19-16)21-9-6-15(7-10-21)20-18(23)14-4-2-1-3-5-14/h1-5,15-16,19H,6-13H2,(H,20,23). The summed E-state index contributed by atoms with van der Waals surface area (Å²) in [6, 6.07) is 9.76. The maximum atomic E-state index is 12.4. The number of piperidine rings is 1. The molecule has 1 atom stereocenters. The smallest absolute Gasteiger partial charge is 0.251 e. The van der Waals surface area contributed by atoms with Crippen LogP contribution in [0.15, 0.2) is 30.3 Å². The van der Waals surface area contributed by atoms with Gasteiger partial charge in [-0.1, -0.05) is 18.2 Å². The molecule has 130 valence electrons. The molecule has 2 aliphatic heterocycles. The van der Waals surface area contributed by atoms with Crippen molar-refractivity contribution in [3.8, 4) is 0 Å². The maximum absolute atomic E-state index is 12.4. The molecule has 2 heterocycles. The Bertz CT molecular complexity index is 553. The summed E-state index contributed by atoms with van der Waals surface area (Å²) < 4.78 is 0. The molecule has 0 saturated carbocycles. The number of likely N-dealkylation sites (tertiary alicyclic amines) is 1. The van der Waals surface area contributed by atoms with Gasteiger partial charge in [0.05, 0.1) is 0 Å². The Morgan fingerprint density at radius 3 is 2.62 bits per heavy atom. The topological polar surface area (TPSA) is 61.4 Å². The molecule has 6 heteroatoms. The van der Waals surface area contributed by atoms with Gasteiger partial charge in [0.2, 0.25) is 5.91 Å². The highest BCUT2D eigenvalue weighted by atomic mass is 32.2. The van der Waals surface area contributed by atoms with Gasteiger partial charge < -0.3 is 15.5 Å². The average molecular weight is 347 g/mol. The first-order valence-corrected chi connectivity index (χ1v) is 9.82. The van der Waals surface area contributed by atoms with Crippen molar-refractivity contribution < 1.29 is 9.59 Å². The molecule has 0 aliphatic carbocycles. The molecular formula is C18H25N3O2S. The molecule has 0 aromatic heterocycles. The van der Waals surface area contributed by atoms with Crippen molar-refractivity contribution in [3.63, 3.8) is 0 Å². The van der Waals surface area contributed by atoms with Crippen molar-refractivity contribution in [2.24, 2.45) is 0 Å². The molecule has 2 amide bonds. The van der Waals surface area contributed by atoms with E-state index < -0.39 is 0 Å². The summed E-state index contributed by atoms with van der Waals surface area (Å²) in [5, 5.41) is 6.50. The van der Waals surface area contributed by atoms with E-state index in [1.807, 2.05) is 47.0 Å². The number of amides is 2. The van der Waals surface area contributed by atoms with Crippen molar-refractivity contribution in [3.05, 3.63) is 35.9 Å². The van der Waals surface area contributed by atoms with Crippen molar-refractivity contribution in [2.75, 3.05) is 31.1 Å². The lowest BCUT2D eigenvalue weighted by Gasteiger charge is -2.34. The van der Waals surface area contributed by atoms with Crippen LogP contribution in [0.25, 0.3) is 0 Å². The molecule has 0 radical (unpaired) electrons. The van der Waals surface area contributed by atoms with E-state index in [9.17, 15) is 9.59 Å². The van der Waals surface area contributed by atoms with Gasteiger partial charge in [-0.2, -0.15) is 11.8 Å². The van der Waals surface area contributed by atoms with Gasteiger partial charge in [0.1, 0.15) is 0 Å². The van der Waals surface area contributed by atoms with Crippen LogP contribution in [0.3, 0.4) is 0 Å². The number of thioether (sulfide) groups is 1. The van der Waals surface area contributed by atoms with Crippen molar-refractivity contribution >= 4 is 23.6 Å². The van der Waals surface area contributed by atoms with Gasteiger partial charge in [0.15, 0.2) is 0 Å². The zero-order chi connectivity index (χ0) is 16.8. The minimum atomic E-state index is -0.0243. The maximum Gasteiger partial charge on any atom is 0.251 e. The third kappa shape index (κ3) is 4.74. The molecule has 24 heavy (non-hydrogen) atoms. The number of carbonyl (C=O) groups excluding carboxylic acids is 2. The predicted octanol–water partition coefficient (Wildman–Crippen LogP) is 1.50. The highest BCUT2D eigenvalue weighted by Gasteiger charge is 2.26. The van der Waals surface area contributed by atoms with Crippen LogP contribution in [-0.4, -0.2) is 59.9 Å². The molecule has 3 rings (SSSR count). The first-order valence-electron chi connectivity index (χ1n) is 8.67. The number of nitrogens with zero attached hydrogens (tertiary/aromatic N) is 1. The summed E-state index contributed by atoms with van der Waals surface area (Å²) >= 11 is 1.92. The van der Waals surface area contributed by atoms with E-state index in [-0.39, 0.29) is 17.9 Å². The van der Waals surface area contributed by atoms with Gasteiger partial charge in [-0.05, 0) is 25.0 Å². The van der Waals surface area contributed by atoms with Crippen LogP contribution in [0.4, 0.5) is 0 Å². The Balaban J connectivity index is 1.42. The molecule has 0 bridgehead atoms. The SMILES string of the molecule is O=C(NC1CCN(C(=O)CC2CSCCN2)CC1)c1ccccc1. The van der Waals surface area contributed by atoms with E-state index >= 15 is 0 Å². The number of benzene rings is 1. The molecule has 2 fully saturated rings. The first-order chi connectivity index (χ1) is 11.7. The summed E-state index contributed by atoms with van der Waals surface area (Å²) in [6.07, 6.45) is 2.25. The highest BCUT2D eigenvalue weighted by Crippen LogP contribution is 2.15. The predicted molar refractivity (Wildman–Crippen MR) is 97.2 cm³/mol. The fourth-order valence-corrected chi connectivity index (χ4v) is 4.17. The van der Waals surface area contributed by atoms with E-state index in [4.69, 9.17) is 0 Å². The summed E-state index contributed by atoms with van der Waals surface area (Å²) in [5.74, 6) is 2.37. The van der Waals surface area contributed by atoms with Crippen LogP contribution >= 0.6 is 11.8 Å². The van der Waals surface area contributed by atoms with Gasteiger partial charge in [-0.3, -0.25) is 9.59 Å². The van der Waals surface area contributed by atoms with E-state index in [0.717, 1.165) is 44.0 Å². The Kier molecular flexibility index (Phi) is 6.15. The third-order valence-electron chi connectivity index (χ3n) is 4.64. The van der Waals surface area contributed by atoms with Gasteiger partial charge in [0, 0.05) is 55.2 Å². The number of hydrogen-bond acceptors (Lipinski definition) is 4. The van der Waals surface area contributed by atoms with Gasteiger partial charge >= 0.3 is 0 Å². The zero-order valence-corrected chi connectivity index (χ0v) is 14.7. The van der Waals surface area contributed by atoms with Crippen LogP contribution < -0.4 is 10.6 Å². The highest BCUT2D eigenvalue weighted by molar-refractivity contribution is 7.99. The second-order valence-electron chi connectivity index (χ2n) is 6.42. The molecule has 5 nitrogen and oxygen atoms in total. The van der Waals surface area contributed by atoms with E-state index in [1.165, 1.54) is 0 Å². The number of hydrogen-bond donors (Lipinski definition) is 2. The average Bonchev–Trinajstić information content (AvgIpc) is 2.64. The summed E-state index contributed by atoms with van der Waals surface area (Å²) in [5.41, 5.74) is 0.692. The van der Waals surface area contributed by atoms with Crippen molar-refractivity contribution in [1.29, 1.82) is 0 Å². The fraction of sp³-hybridized carbons (Fsp3) is 0.556. The van der Waals surface area contributed by atoms with Crippen molar-refractivity contribution in [1.82, 2.24) is 15.5 Å². The van der Waals surface area contributed by atoms with Crippen LogP contribution in [0.5, 0.6) is 0 Å². The number of nitrogens with one attached hydrogen (secondary N) is 2. The number of rotatable bonds is 4. The quantitative estimate of drug-likeness (QED) is 0.867. The second-order valence-corrected chi connectivity index (χ2v) is 7.57. The molecule has 1 unspecified atom stereocenters. The third-order valence-corrected chi connectivity index (χ3v) is 5.77. The van der Waals surface area contributed by atoms with Crippen molar-refractivity contribution in [2.45, 2.75) is 31.3 Å². The zero-order valence-electron chi connectivity index (χ0n) is 13.9. The summed E-state index contributed by atoms with van der Waals surface area (Å²) in [4.78, 5) is 26.5. The van der Waals surface area contributed by atoms with E-state index in [1.54, 1.807) is 0 Å².